The number of hydrogen-bond donors (Lipinski definition) is 2. The van der Waals surface area contributed by atoms with Crippen LogP contribution in [0, 0.1) is 6.92 Å². The van der Waals surface area contributed by atoms with E-state index in [-0.39, 0.29) is 4.90 Å². The maximum atomic E-state index is 11.9. The number of nitrogens with zero attached hydrogens (tertiary/aromatic N) is 4. The molecule has 0 radical (unpaired) electrons. The van der Waals surface area contributed by atoms with Gasteiger partial charge >= 0.3 is 0 Å². The lowest BCUT2D eigenvalue weighted by Crippen LogP contribution is -2.18. The summed E-state index contributed by atoms with van der Waals surface area (Å²) < 4.78 is 28.3. The van der Waals surface area contributed by atoms with Crippen molar-refractivity contribution in [3.63, 3.8) is 0 Å². The summed E-state index contributed by atoms with van der Waals surface area (Å²) >= 11 is 6.25. The van der Waals surface area contributed by atoms with Gasteiger partial charge in [0.05, 0.1) is 21.6 Å². The Morgan fingerprint density at radius 2 is 1.88 bits per heavy atom. The SMILES string of the molecule is CCCn1cc(-c2ccnc(Nc3ccc(S(=O)(=O)NC)cc3)n2)c2nc(Cl)cc(C)c21. The second kappa shape index (κ2) is 8.85. The molecule has 8 nitrogen and oxygen atoms in total. The van der Waals surface area contributed by atoms with Gasteiger partial charge < -0.3 is 9.88 Å². The highest BCUT2D eigenvalue weighted by molar-refractivity contribution is 7.89. The first-order valence-electron chi connectivity index (χ1n) is 10.1. The number of anilines is 2. The third-order valence-electron chi connectivity index (χ3n) is 5.06. The van der Waals surface area contributed by atoms with E-state index in [1.807, 2.05) is 25.3 Å². The molecule has 0 fully saturated rings. The van der Waals surface area contributed by atoms with Crippen LogP contribution in [0.1, 0.15) is 18.9 Å². The number of nitrogens with one attached hydrogen (secondary N) is 2. The molecule has 4 rings (SSSR count). The molecule has 0 aliphatic heterocycles. The molecule has 0 saturated carbocycles. The highest BCUT2D eigenvalue weighted by Crippen LogP contribution is 2.32. The van der Waals surface area contributed by atoms with Gasteiger partial charge in [-0.1, -0.05) is 18.5 Å². The quantitative estimate of drug-likeness (QED) is 0.385. The zero-order valence-corrected chi connectivity index (χ0v) is 19.5. The standard InChI is InChI=1S/C22H23ClN6O2S/c1-4-11-29-13-17(20-21(29)14(2)12-19(23)28-20)18-9-10-25-22(27-18)26-15-5-7-16(8-6-15)32(30,31)24-3/h5-10,12-13,24H,4,11H2,1-3H3,(H,25,26,27). The molecule has 10 heteroatoms. The fourth-order valence-electron chi connectivity index (χ4n) is 3.60. The number of aromatic nitrogens is 4. The van der Waals surface area contributed by atoms with Crippen molar-refractivity contribution in [2.75, 3.05) is 12.4 Å². The summed E-state index contributed by atoms with van der Waals surface area (Å²) in [5.41, 5.74) is 5.16. The second-order valence-electron chi connectivity index (χ2n) is 7.32. The van der Waals surface area contributed by atoms with Crippen LogP contribution in [0.15, 0.2) is 53.7 Å². The van der Waals surface area contributed by atoms with E-state index in [9.17, 15) is 8.42 Å². The van der Waals surface area contributed by atoms with E-state index in [1.54, 1.807) is 18.3 Å². The molecule has 3 heterocycles. The molecule has 0 atom stereocenters. The van der Waals surface area contributed by atoms with Gasteiger partial charge in [0.2, 0.25) is 16.0 Å². The van der Waals surface area contributed by atoms with Crippen molar-refractivity contribution < 1.29 is 8.42 Å². The van der Waals surface area contributed by atoms with Crippen molar-refractivity contribution in [2.45, 2.75) is 31.7 Å². The number of benzene rings is 1. The molecule has 0 amide bonds. The van der Waals surface area contributed by atoms with E-state index in [4.69, 9.17) is 11.6 Å². The lowest BCUT2D eigenvalue weighted by molar-refractivity contribution is 0.588. The first-order valence-corrected chi connectivity index (χ1v) is 12.0. The Bertz CT molecular complexity index is 1380. The molecule has 32 heavy (non-hydrogen) atoms. The summed E-state index contributed by atoms with van der Waals surface area (Å²) in [6.45, 7) is 5.01. The number of rotatable bonds is 7. The van der Waals surface area contributed by atoms with Crippen LogP contribution >= 0.6 is 11.6 Å². The van der Waals surface area contributed by atoms with Crippen molar-refractivity contribution in [3.8, 4) is 11.3 Å². The van der Waals surface area contributed by atoms with Crippen molar-refractivity contribution in [1.82, 2.24) is 24.2 Å². The number of fused-ring (bicyclic) bond motifs is 1. The first-order chi connectivity index (χ1) is 15.3. The number of aryl methyl sites for hydroxylation is 2. The number of sulfonamides is 1. The van der Waals surface area contributed by atoms with Gasteiger partial charge in [-0.3, -0.25) is 0 Å². The van der Waals surface area contributed by atoms with Crippen molar-refractivity contribution in [1.29, 1.82) is 0 Å². The Labute approximate surface area is 191 Å². The lowest BCUT2D eigenvalue weighted by Gasteiger charge is -2.08. The molecular formula is C22H23ClN6O2S. The van der Waals surface area contributed by atoms with Crippen LogP contribution in [0.2, 0.25) is 5.15 Å². The molecule has 0 unspecified atom stereocenters. The van der Waals surface area contributed by atoms with Crippen molar-refractivity contribution in [2.24, 2.45) is 0 Å². The van der Waals surface area contributed by atoms with Gasteiger partial charge in [0, 0.05) is 30.2 Å². The third kappa shape index (κ3) is 4.32. The largest absolute Gasteiger partial charge is 0.345 e. The van der Waals surface area contributed by atoms with Gasteiger partial charge in [-0.2, -0.15) is 0 Å². The van der Waals surface area contributed by atoms with Crippen LogP contribution in [-0.4, -0.2) is 35.0 Å². The van der Waals surface area contributed by atoms with Crippen LogP contribution in [0.4, 0.5) is 11.6 Å². The van der Waals surface area contributed by atoms with E-state index in [0.717, 1.165) is 35.1 Å². The van der Waals surface area contributed by atoms with Crippen LogP contribution in [0.25, 0.3) is 22.3 Å². The van der Waals surface area contributed by atoms with Gasteiger partial charge in [-0.05, 0) is 62.4 Å². The summed E-state index contributed by atoms with van der Waals surface area (Å²) in [6, 6.07) is 10.1. The van der Waals surface area contributed by atoms with Gasteiger partial charge in [0.25, 0.3) is 0 Å². The summed E-state index contributed by atoms with van der Waals surface area (Å²) in [7, 11) is -2.11. The average Bonchev–Trinajstić information content (AvgIpc) is 3.13. The maximum absolute atomic E-state index is 11.9. The minimum Gasteiger partial charge on any atom is -0.345 e. The van der Waals surface area contributed by atoms with E-state index < -0.39 is 10.0 Å². The minimum absolute atomic E-state index is 0.183. The average molecular weight is 471 g/mol. The zero-order valence-electron chi connectivity index (χ0n) is 17.9. The maximum Gasteiger partial charge on any atom is 0.240 e. The van der Waals surface area contributed by atoms with Gasteiger partial charge in [0.15, 0.2) is 0 Å². The summed E-state index contributed by atoms with van der Waals surface area (Å²) in [5.74, 6) is 0.391. The molecule has 3 aromatic heterocycles. The Hall–Kier alpha value is -3.01. The van der Waals surface area contributed by atoms with E-state index >= 15 is 0 Å². The smallest absolute Gasteiger partial charge is 0.240 e. The summed E-state index contributed by atoms with van der Waals surface area (Å²) in [5, 5.41) is 3.56. The zero-order chi connectivity index (χ0) is 22.9. The second-order valence-corrected chi connectivity index (χ2v) is 9.59. The monoisotopic (exact) mass is 470 g/mol. The topological polar surface area (TPSA) is 102 Å². The molecule has 4 aromatic rings. The predicted molar refractivity (Wildman–Crippen MR) is 127 cm³/mol. The summed E-state index contributed by atoms with van der Waals surface area (Å²) in [6.07, 6.45) is 4.71. The molecule has 0 bridgehead atoms. The Kier molecular flexibility index (Phi) is 6.14. The van der Waals surface area contributed by atoms with E-state index in [0.29, 0.717) is 22.5 Å². The normalized spacial score (nSPS) is 11.8. The molecule has 166 valence electrons. The molecule has 1 aromatic carbocycles. The predicted octanol–water partition coefficient (Wildman–Crippen LogP) is 4.52. The minimum atomic E-state index is -3.49. The number of pyridine rings is 1. The third-order valence-corrected chi connectivity index (χ3v) is 6.69. The molecular weight excluding hydrogens is 448 g/mol. The fraction of sp³-hybridized carbons (Fsp3) is 0.227. The van der Waals surface area contributed by atoms with Crippen LogP contribution in [0.5, 0.6) is 0 Å². The lowest BCUT2D eigenvalue weighted by atomic mass is 10.1. The Balaban J connectivity index is 1.70. The highest BCUT2D eigenvalue weighted by atomic mass is 35.5. The van der Waals surface area contributed by atoms with Crippen LogP contribution in [0.3, 0.4) is 0 Å². The molecule has 0 saturated heterocycles. The van der Waals surface area contributed by atoms with Crippen molar-refractivity contribution in [3.05, 3.63) is 59.5 Å². The Morgan fingerprint density at radius 1 is 1.12 bits per heavy atom. The molecule has 0 aliphatic carbocycles. The number of halogens is 1. The van der Waals surface area contributed by atoms with E-state index in [2.05, 4.69) is 36.5 Å². The molecule has 0 spiro atoms. The van der Waals surface area contributed by atoms with Crippen molar-refractivity contribution >= 4 is 44.3 Å². The van der Waals surface area contributed by atoms with Gasteiger partial charge in [-0.25, -0.2) is 28.1 Å². The summed E-state index contributed by atoms with van der Waals surface area (Å²) in [4.78, 5) is 13.7. The van der Waals surface area contributed by atoms with E-state index in [1.165, 1.54) is 19.2 Å². The molecule has 2 N–H and O–H groups in total. The first kappa shape index (κ1) is 22.2. The Morgan fingerprint density at radius 3 is 2.56 bits per heavy atom. The molecule has 0 aliphatic rings. The van der Waals surface area contributed by atoms with Crippen LogP contribution in [-0.2, 0) is 16.6 Å². The fourth-order valence-corrected chi connectivity index (χ4v) is 4.57. The van der Waals surface area contributed by atoms with Gasteiger partial charge in [0.1, 0.15) is 5.15 Å². The van der Waals surface area contributed by atoms with Crippen LogP contribution < -0.4 is 10.0 Å². The number of hydrogen-bond acceptors (Lipinski definition) is 6. The highest BCUT2D eigenvalue weighted by Gasteiger charge is 2.16. The van der Waals surface area contributed by atoms with Gasteiger partial charge in [-0.15, -0.1) is 0 Å².